The summed E-state index contributed by atoms with van der Waals surface area (Å²) in [5.74, 6) is 0.513. The van der Waals surface area contributed by atoms with Crippen molar-refractivity contribution in [3.63, 3.8) is 0 Å². The van der Waals surface area contributed by atoms with Gasteiger partial charge in [0, 0.05) is 12.3 Å². The van der Waals surface area contributed by atoms with Crippen molar-refractivity contribution in [2.75, 3.05) is 25.2 Å². The molecule has 1 aromatic rings. The Morgan fingerprint density at radius 2 is 2.00 bits per heavy atom. The molecule has 1 aromatic carbocycles. The van der Waals surface area contributed by atoms with Gasteiger partial charge < -0.3 is 15.2 Å². The van der Waals surface area contributed by atoms with Gasteiger partial charge in [0.1, 0.15) is 5.75 Å². The number of carbonyl (C=O) groups is 2. The number of benzene rings is 1. The van der Waals surface area contributed by atoms with Gasteiger partial charge in [0.2, 0.25) is 5.91 Å². The van der Waals surface area contributed by atoms with Gasteiger partial charge in [0.15, 0.2) is 0 Å². The zero-order valence-corrected chi connectivity index (χ0v) is 11.5. The molecule has 0 bridgehead atoms. The maximum absolute atomic E-state index is 11.6. The Bertz CT molecular complexity index is 419. The van der Waals surface area contributed by atoms with Crippen LogP contribution in [0, 0.1) is 0 Å². The molecule has 104 valence electrons. The number of hydrogen-bond acceptors (Lipinski definition) is 4. The second-order valence-electron chi connectivity index (χ2n) is 3.82. The first-order valence-electron chi connectivity index (χ1n) is 5.81. The molecular formula is C13H17NO4S. The number of methoxy groups -OCH3 is 1. The maximum atomic E-state index is 11.6. The summed E-state index contributed by atoms with van der Waals surface area (Å²) in [5, 5.41) is 11.2. The molecule has 0 spiro atoms. The predicted molar refractivity (Wildman–Crippen MR) is 74.7 cm³/mol. The fourth-order valence-corrected chi connectivity index (χ4v) is 1.98. The van der Waals surface area contributed by atoms with Crippen molar-refractivity contribution in [3.8, 4) is 5.75 Å². The quantitative estimate of drug-likeness (QED) is 0.701. The van der Waals surface area contributed by atoms with Gasteiger partial charge in [-0.3, -0.25) is 9.59 Å². The molecule has 5 nitrogen and oxygen atoms in total. The first kappa shape index (κ1) is 15.4. The molecule has 0 unspecified atom stereocenters. The second-order valence-corrected chi connectivity index (χ2v) is 4.93. The SMILES string of the molecule is COc1ccc(CC(=O)NCCSCC(=O)O)cc1. The number of hydrogen-bond donors (Lipinski definition) is 2. The van der Waals surface area contributed by atoms with Gasteiger partial charge in [0.05, 0.1) is 19.3 Å². The topological polar surface area (TPSA) is 75.6 Å². The number of carboxylic acid groups (broad SMARTS) is 1. The molecule has 0 aliphatic carbocycles. The van der Waals surface area contributed by atoms with Gasteiger partial charge in [-0.1, -0.05) is 12.1 Å². The number of thioether (sulfide) groups is 1. The lowest BCUT2D eigenvalue weighted by Crippen LogP contribution is -2.27. The molecule has 6 heteroatoms. The van der Waals surface area contributed by atoms with E-state index in [1.807, 2.05) is 24.3 Å². The molecule has 0 heterocycles. The highest BCUT2D eigenvalue weighted by Crippen LogP contribution is 2.11. The van der Waals surface area contributed by atoms with E-state index in [4.69, 9.17) is 9.84 Å². The Balaban J connectivity index is 2.21. The Hall–Kier alpha value is -1.69. The smallest absolute Gasteiger partial charge is 0.313 e. The zero-order chi connectivity index (χ0) is 14.1. The van der Waals surface area contributed by atoms with E-state index in [1.54, 1.807) is 7.11 Å². The van der Waals surface area contributed by atoms with Crippen molar-refractivity contribution in [1.29, 1.82) is 0 Å². The van der Waals surface area contributed by atoms with Crippen molar-refractivity contribution in [2.45, 2.75) is 6.42 Å². The van der Waals surface area contributed by atoms with E-state index >= 15 is 0 Å². The highest BCUT2D eigenvalue weighted by molar-refractivity contribution is 7.99. The summed E-state index contributed by atoms with van der Waals surface area (Å²) in [6.45, 7) is 0.479. The number of aliphatic carboxylic acids is 1. The van der Waals surface area contributed by atoms with Crippen molar-refractivity contribution < 1.29 is 19.4 Å². The van der Waals surface area contributed by atoms with Gasteiger partial charge in [0.25, 0.3) is 0 Å². The zero-order valence-electron chi connectivity index (χ0n) is 10.7. The van der Waals surface area contributed by atoms with Gasteiger partial charge >= 0.3 is 5.97 Å². The Morgan fingerprint density at radius 1 is 1.32 bits per heavy atom. The molecule has 0 aliphatic heterocycles. The summed E-state index contributed by atoms with van der Waals surface area (Å²) in [6.07, 6.45) is 0.313. The minimum atomic E-state index is -0.838. The van der Waals surface area contributed by atoms with Crippen LogP contribution in [0.15, 0.2) is 24.3 Å². The molecule has 0 saturated heterocycles. The van der Waals surface area contributed by atoms with Crippen LogP contribution in [0.25, 0.3) is 0 Å². The Kier molecular flexibility index (Phi) is 6.81. The van der Waals surface area contributed by atoms with E-state index in [0.717, 1.165) is 11.3 Å². The van der Waals surface area contributed by atoms with Crippen LogP contribution in [-0.2, 0) is 16.0 Å². The summed E-state index contributed by atoms with van der Waals surface area (Å²) in [4.78, 5) is 21.9. The minimum absolute atomic E-state index is 0.0638. The number of rotatable bonds is 8. The normalized spacial score (nSPS) is 9.95. The molecule has 0 radical (unpaired) electrons. The van der Waals surface area contributed by atoms with Gasteiger partial charge in [-0.2, -0.15) is 0 Å². The van der Waals surface area contributed by atoms with E-state index in [9.17, 15) is 9.59 Å². The van der Waals surface area contributed by atoms with Crippen LogP contribution < -0.4 is 10.1 Å². The Labute approximate surface area is 116 Å². The van der Waals surface area contributed by atoms with Crippen LogP contribution in [0.3, 0.4) is 0 Å². The van der Waals surface area contributed by atoms with Crippen LogP contribution >= 0.6 is 11.8 Å². The van der Waals surface area contributed by atoms with E-state index < -0.39 is 5.97 Å². The monoisotopic (exact) mass is 283 g/mol. The van der Waals surface area contributed by atoms with Crippen molar-refractivity contribution in [1.82, 2.24) is 5.32 Å². The highest BCUT2D eigenvalue weighted by Gasteiger charge is 2.03. The first-order chi connectivity index (χ1) is 9.11. The van der Waals surface area contributed by atoms with E-state index in [0.29, 0.717) is 18.7 Å². The van der Waals surface area contributed by atoms with Gasteiger partial charge in [-0.25, -0.2) is 0 Å². The molecule has 19 heavy (non-hydrogen) atoms. The lowest BCUT2D eigenvalue weighted by molar-refractivity contribution is -0.133. The largest absolute Gasteiger partial charge is 0.497 e. The molecule has 0 saturated carbocycles. The van der Waals surface area contributed by atoms with Crippen LogP contribution in [0.1, 0.15) is 5.56 Å². The summed E-state index contributed by atoms with van der Waals surface area (Å²) >= 11 is 1.28. The summed E-state index contributed by atoms with van der Waals surface area (Å²) < 4.78 is 5.03. The Morgan fingerprint density at radius 3 is 2.58 bits per heavy atom. The molecule has 1 rings (SSSR count). The number of ether oxygens (including phenoxy) is 1. The predicted octanol–water partition coefficient (Wildman–Crippen LogP) is 1.17. The molecule has 0 aliphatic rings. The lowest BCUT2D eigenvalue weighted by atomic mass is 10.1. The number of amides is 1. The minimum Gasteiger partial charge on any atom is -0.497 e. The third kappa shape index (κ3) is 6.71. The number of nitrogens with one attached hydrogen (secondary N) is 1. The molecule has 1 amide bonds. The van der Waals surface area contributed by atoms with Crippen LogP contribution in [0.2, 0.25) is 0 Å². The van der Waals surface area contributed by atoms with Crippen LogP contribution in [-0.4, -0.2) is 42.1 Å². The highest BCUT2D eigenvalue weighted by atomic mass is 32.2. The van der Waals surface area contributed by atoms with Gasteiger partial charge in [-0.05, 0) is 17.7 Å². The molecule has 0 aromatic heterocycles. The standard InChI is InChI=1S/C13H17NO4S/c1-18-11-4-2-10(3-5-11)8-12(15)14-6-7-19-9-13(16)17/h2-5H,6-9H2,1H3,(H,14,15)(H,16,17). The van der Waals surface area contributed by atoms with E-state index in [-0.39, 0.29) is 11.7 Å². The third-order valence-corrected chi connectivity index (χ3v) is 3.26. The molecule has 0 atom stereocenters. The van der Waals surface area contributed by atoms with Crippen molar-refractivity contribution in [3.05, 3.63) is 29.8 Å². The van der Waals surface area contributed by atoms with E-state index in [2.05, 4.69) is 5.32 Å². The molecular weight excluding hydrogens is 266 g/mol. The first-order valence-corrected chi connectivity index (χ1v) is 6.96. The fraction of sp³-hybridized carbons (Fsp3) is 0.385. The average molecular weight is 283 g/mol. The number of carbonyl (C=O) groups excluding carboxylic acids is 1. The van der Waals surface area contributed by atoms with E-state index in [1.165, 1.54) is 11.8 Å². The van der Waals surface area contributed by atoms with Gasteiger partial charge in [-0.15, -0.1) is 11.8 Å². The van der Waals surface area contributed by atoms with Crippen molar-refractivity contribution >= 4 is 23.6 Å². The fourth-order valence-electron chi connectivity index (χ4n) is 1.41. The van der Waals surface area contributed by atoms with Crippen LogP contribution in [0.4, 0.5) is 0 Å². The average Bonchev–Trinajstić information content (AvgIpc) is 2.39. The summed E-state index contributed by atoms with van der Waals surface area (Å²) in [6, 6.07) is 7.31. The third-order valence-electron chi connectivity index (χ3n) is 2.32. The van der Waals surface area contributed by atoms with Crippen molar-refractivity contribution in [2.24, 2.45) is 0 Å². The molecule has 0 fully saturated rings. The second kappa shape index (κ2) is 8.42. The molecule has 2 N–H and O–H groups in total. The number of carboxylic acids is 1. The van der Waals surface area contributed by atoms with Crippen LogP contribution in [0.5, 0.6) is 5.75 Å². The summed E-state index contributed by atoms with van der Waals surface area (Å²) in [7, 11) is 1.59. The maximum Gasteiger partial charge on any atom is 0.313 e. The lowest BCUT2D eigenvalue weighted by Gasteiger charge is -2.05. The summed E-state index contributed by atoms with van der Waals surface area (Å²) in [5.41, 5.74) is 0.913.